The van der Waals surface area contributed by atoms with Gasteiger partial charge in [-0.3, -0.25) is 0 Å². The largest absolute Gasteiger partial charge is 0.373 e. The Labute approximate surface area is 94.6 Å². The first-order valence-corrected chi connectivity index (χ1v) is 7.89. The van der Waals surface area contributed by atoms with E-state index in [1.54, 1.807) is 4.55 Å². The van der Waals surface area contributed by atoms with Gasteiger partial charge in [-0.1, -0.05) is 66.2 Å². The van der Waals surface area contributed by atoms with Gasteiger partial charge in [0.2, 0.25) is 0 Å². The zero-order valence-electron chi connectivity index (χ0n) is 10.2. The topological polar surface area (TPSA) is 0 Å². The van der Waals surface area contributed by atoms with Crippen LogP contribution in [0.25, 0.3) is 0 Å². The molecular formula is C12H26Mg. The molecule has 0 aliphatic rings. The molecule has 0 aromatic carbocycles. The Morgan fingerprint density at radius 1 is 1.00 bits per heavy atom. The Balaban J connectivity index is 3.67. The summed E-state index contributed by atoms with van der Waals surface area (Å²) >= 11 is 0.198. The van der Waals surface area contributed by atoms with E-state index in [1.807, 2.05) is 0 Å². The normalized spacial score (nSPS) is 15.1. The molecule has 0 bridgehead atoms. The van der Waals surface area contributed by atoms with Crippen molar-refractivity contribution in [3.63, 3.8) is 0 Å². The third-order valence-corrected chi connectivity index (χ3v) is 6.29. The Bertz CT molecular complexity index is 112. The standard InChI is InChI=1S/C8H17.C4H9.Mg/c1-4-6-7-8(3)5-2;1-3-4-2;/h4-7H2,1-3H3;1,3-4H2,2H3;. The Morgan fingerprint density at radius 2 is 1.62 bits per heavy atom. The zero-order valence-corrected chi connectivity index (χ0v) is 11.6. The van der Waals surface area contributed by atoms with Gasteiger partial charge in [0.15, 0.2) is 0 Å². The van der Waals surface area contributed by atoms with Crippen LogP contribution in [0.15, 0.2) is 0 Å². The molecule has 0 aliphatic carbocycles. The lowest BCUT2D eigenvalue weighted by Gasteiger charge is -2.28. The van der Waals surface area contributed by atoms with Crippen molar-refractivity contribution in [3.8, 4) is 0 Å². The van der Waals surface area contributed by atoms with Gasteiger partial charge in [0.1, 0.15) is 0 Å². The van der Waals surface area contributed by atoms with Gasteiger partial charge in [-0.25, -0.2) is 0 Å². The first-order chi connectivity index (χ1) is 6.18. The fourth-order valence-electron chi connectivity index (χ4n) is 1.88. The van der Waals surface area contributed by atoms with Crippen LogP contribution in [0.2, 0.25) is 8.09 Å². The lowest BCUT2D eigenvalue weighted by Crippen LogP contribution is -2.15. The maximum atomic E-state index is 2.53. The Hall–Kier alpha value is 0.766. The van der Waals surface area contributed by atoms with Crippen molar-refractivity contribution in [2.45, 2.75) is 74.3 Å². The summed E-state index contributed by atoms with van der Waals surface area (Å²) in [4.78, 5) is 0. The van der Waals surface area contributed by atoms with Gasteiger partial charge in [0, 0.05) is 0 Å². The average Bonchev–Trinajstić information content (AvgIpc) is 2.15. The highest BCUT2D eigenvalue weighted by Gasteiger charge is 2.22. The fraction of sp³-hybridized carbons (Fsp3) is 1.00. The van der Waals surface area contributed by atoms with E-state index < -0.39 is 0 Å². The van der Waals surface area contributed by atoms with Crippen LogP contribution < -0.4 is 0 Å². The molecule has 1 heteroatoms. The Kier molecular flexibility index (Phi) is 8.58. The molecule has 0 nitrogen and oxygen atoms in total. The molecule has 0 aromatic rings. The molecule has 0 spiro atoms. The van der Waals surface area contributed by atoms with Crippen LogP contribution in [0.1, 0.15) is 66.2 Å². The molecule has 0 aromatic heterocycles. The summed E-state index contributed by atoms with van der Waals surface area (Å²) < 4.78 is 2.36. The minimum absolute atomic E-state index is 0.198. The molecule has 0 amide bonds. The van der Waals surface area contributed by atoms with Crippen molar-refractivity contribution in [1.82, 2.24) is 0 Å². The minimum Gasteiger partial charge on any atom is -0.145 e. The highest BCUT2D eigenvalue weighted by Crippen LogP contribution is 2.35. The molecule has 0 heterocycles. The maximum Gasteiger partial charge on any atom is 0.373 e. The molecule has 0 rings (SSSR count). The van der Waals surface area contributed by atoms with Crippen molar-refractivity contribution < 1.29 is 0 Å². The molecule has 1 atom stereocenters. The SMILES string of the molecule is CCC[CH2][Mg][C](C)(CC)CCCC. The van der Waals surface area contributed by atoms with E-state index in [9.17, 15) is 0 Å². The zero-order chi connectivity index (χ0) is 10.2. The van der Waals surface area contributed by atoms with E-state index >= 15 is 0 Å². The summed E-state index contributed by atoms with van der Waals surface area (Å²) in [5.41, 5.74) is 0. The minimum atomic E-state index is 0.198. The van der Waals surface area contributed by atoms with Crippen LogP contribution in [-0.4, -0.2) is 20.4 Å². The highest BCUT2D eigenvalue weighted by atomic mass is 24.5. The maximum absolute atomic E-state index is 2.53. The van der Waals surface area contributed by atoms with E-state index in [1.165, 1.54) is 38.5 Å². The summed E-state index contributed by atoms with van der Waals surface area (Å²) in [6.45, 7) is 9.53. The molecule has 0 radical (unpaired) electrons. The molecule has 0 saturated carbocycles. The lowest BCUT2D eigenvalue weighted by atomic mass is 10.00. The summed E-state index contributed by atoms with van der Waals surface area (Å²) in [6.07, 6.45) is 8.61. The number of hydrogen-bond acceptors (Lipinski definition) is 0. The first kappa shape index (κ1) is 13.8. The average molecular weight is 195 g/mol. The highest BCUT2D eigenvalue weighted by molar-refractivity contribution is 6.39. The summed E-state index contributed by atoms with van der Waals surface area (Å²) in [6, 6.07) is 0. The molecule has 0 aliphatic heterocycles. The van der Waals surface area contributed by atoms with Crippen LogP contribution in [0, 0.1) is 0 Å². The van der Waals surface area contributed by atoms with Gasteiger partial charge in [-0.15, -0.1) is 8.09 Å². The monoisotopic (exact) mass is 194 g/mol. The summed E-state index contributed by atoms with van der Waals surface area (Å²) in [5, 5.41) is 0. The van der Waals surface area contributed by atoms with Crippen molar-refractivity contribution in [3.05, 3.63) is 0 Å². The van der Waals surface area contributed by atoms with Gasteiger partial charge in [-0.2, -0.15) is 0 Å². The summed E-state index contributed by atoms with van der Waals surface area (Å²) in [5.74, 6) is 0. The lowest BCUT2D eigenvalue weighted by molar-refractivity contribution is 0.505. The van der Waals surface area contributed by atoms with E-state index in [-0.39, 0.29) is 20.4 Å². The third-order valence-electron chi connectivity index (χ3n) is 3.37. The second-order valence-corrected chi connectivity index (χ2v) is 7.64. The van der Waals surface area contributed by atoms with E-state index in [4.69, 9.17) is 0 Å². The molecule has 13 heavy (non-hydrogen) atoms. The molecule has 0 saturated heterocycles. The molecule has 0 N–H and O–H groups in total. The second-order valence-electron chi connectivity index (χ2n) is 4.72. The van der Waals surface area contributed by atoms with Crippen LogP contribution >= 0.6 is 0 Å². The van der Waals surface area contributed by atoms with Crippen molar-refractivity contribution in [1.29, 1.82) is 0 Å². The predicted octanol–water partition coefficient (Wildman–Crippen LogP) is 4.69. The molecular weight excluding hydrogens is 168 g/mol. The van der Waals surface area contributed by atoms with E-state index in [2.05, 4.69) is 27.7 Å². The van der Waals surface area contributed by atoms with E-state index in [0.29, 0.717) is 0 Å². The molecule has 76 valence electrons. The van der Waals surface area contributed by atoms with Gasteiger partial charge in [0.05, 0.1) is 0 Å². The number of unbranched alkanes of at least 4 members (excludes halogenated alkanes) is 2. The fourth-order valence-corrected chi connectivity index (χ4v) is 4.34. The number of rotatable bonds is 8. The van der Waals surface area contributed by atoms with Gasteiger partial charge in [-0.05, 0) is 0 Å². The smallest absolute Gasteiger partial charge is 0.145 e. The van der Waals surface area contributed by atoms with Crippen LogP contribution in [0.3, 0.4) is 0 Å². The van der Waals surface area contributed by atoms with Crippen molar-refractivity contribution in [2.24, 2.45) is 0 Å². The van der Waals surface area contributed by atoms with Crippen LogP contribution in [-0.2, 0) is 0 Å². The van der Waals surface area contributed by atoms with Crippen molar-refractivity contribution in [2.75, 3.05) is 0 Å². The van der Waals surface area contributed by atoms with Gasteiger partial charge >= 0.3 is 20.4 Å². The Morgan fingerprint density at radius 3 is 2.08 bits per heavy atom. The molecule has 1 unspecified atom stereocenters. The first-order valence-electron chi connectivity index (χ1n) is 6.18. The summed E-state index contributed by atoms with van der Waals surface area (Å²) in [7, 11) is 0. The number of hydrogen-bond donors (Lipinski definition) is 0. The molecule has 0 fully saturated rings. The van der Waals surface area contributed by atoms with Crippen molar-refractivity contribution >= 4 is 20.4 Å². The third kappa shape index (κ3) is 6.79. The second kappa shape index (κ2) is 8.11. The van der Waals surface area contributed by atoms with Crippen LogP contribution in [0.4, 0.5) is 0 Å². The van der Waals surface area contributed by atoms with Crippen LogP contribution in [0.5, 0.6) is 0 Å². The van der Waals surface area contributed by atoms with Gasteiger partial charge < -0.3 is 0 Å². The van der Waals surface area contributed by atoms with Gasteiger partial charge in [0.25, 0.3) is 0 Å². The van der Waals surface area contributed by atoms with E-state index in [0.717, 1.165) is 3.54 Å². The predicted molar refractivity (Wildman–Crippen MR) is 63.7 cm³/mol. The quantitative estimate of drug-likeness (QED) is 0.389.